The molecule has 4 aromatic rings. The minimum absolute atomic E-state index is 0.0492. The molecule has 4 aromatic carbocycles. The molecule has 4 rings (SSSR count). The monoisotopic (exact) mass is 504 g/mol. The highest BCUT2D eigenvalue weighted by Gasteiger charge is 2.28. The molecule has 7 nitrogen and oxygen atoms in total. The van der Waals surface area contributed by atoms with Crippen LogP contribution in [0.3, 0.4) is 0 Å². The van der Waals surface area contributed by atoms with Gasteiger partial charge in [0.05, 0.1) is 6.61 Å². The van der Waals surface area contributed by atoms with Crippen molar-refractivity contribution < 1.29 is 33.7 Å². The summed E-state index contributed by atoms with van der Waals surface area (Å²) >= 11 is 0. The summed E-state index contributed by atoms with van der Waals surface area (Å²) < 4.78 is 23.0. The Kier molecular flexibility index (Phi) is 7.98. The van der Waals surface area contributed by atoms with Gasteiger partial charge in [-0.1, -0.05) is 54.6 Å². The van der Waals surface area contributed by atoms with E-state index in [1.165, 1.54) is 18.2 Å². The second-order valence-electron chi connectivity index (χ2n) is 8.06. The van der Waals surface area contributed by atoms with E-state index in [-0.39, 0.29) is 18.8 Å². The maximum atomic E-state index is 12.1. The first-order valence-electron chi connectivity index (χ1n) is 11.2. The molecule has 0 heterocycles. The molecule has 36 heavy (non-hydrogen) atoms. The number of carbonyl (C=O) groups is 1. The van der Waals surface area contributed by atoms with Gasteiger partial charge in [0, 0.05) is 12.0 Å². The van der Waals surface area contributed by atoms with Crippen LogP contribution in [0.4, 0.5) is 0 Å². The highest BCUT2D eigenvalue weighted by atomic mass is 31.2. The van der Waals surface area contributed by atoms with Crippen molar-refractivity contribution in [1.29, 1.82) is 0 Å². The van der Waals surface area contributed by atoms with Crippen molar-refractivity contribution >= 4 is 13.1 Å². The third kappa shape index (κ3) is 6.47. The quantitative estimate of drug-likeness (QED) is 0.247. The van der Waals surface area contributed by atoms with E-state index in [1.807, 2.05) is 78.9 Å². The molecule has 0 unspecified atom stereocenters. The summed E-state index contributed by atoms with van der Waals surface area (Å²) in [7, 11) is -4.92. The Balaban J connectivity index is 1.52. The molecule has 0 aromatic heterocycles. The van der Waals surface area contributed by atoms with Gasteiger partial charge in [0.2, 0.25) is 0 Å². The van der Waals surface area contributed by atoms with Crippen LogP contribution in [0.25, 0.3) is 11.1 Å². The van der Waals surface area contributed by atoms with E-state index >= 15 is 0 Å². The molecule has 0 saturated heterocycles. The summed E-state index contributed by atoms with van der Waals surface area (Å²) in [6.07, 6.45) is 0.340. The molecule has 0 saturated carbocycles. The van der Waals surface area contributed by atoms with Crippen molar-refractivity contribution in [3.63, 3.8) is 0 Å². The van der Waals surface area contributed by atoms with Crippen molar-refractivity contribution in [2.45, 2.75) is 6.42 Å². The van der Waals surface area contributed by atoms with Gasteiger partial charge in [-0.15, -0.1) is 0 Å². The first kappa shape index (κ1) is 25.4. The lowest BCUT2D eigenvalue weighted by Crippen LogP contribution is -2.06. The molecule has 0 fully saturated rings. The fourth-order valence-corrected chi connectivity index (χ4v) is 4.19. The average Bonchev–Trinajstić information content (AvgIpc) is 2.89. The van der Waals surface area contributed by atoms with Gasteiger partial charge in [0.15, 0.2) is 0 Å². The molecule has 0 aliphatic heterocycles. The van der Waals surface area contributed by atoms with E-state index in [4.69, 9.17) is 14.6 Å². The highest BCUT2D eigenvalue weighted by molar-refractivity contribution is 7.70. The van der Waals surface area contributed by atoms with Crippen molar-refractivity contribution in [2.24, 2.45) is 0 Å². The third-order valence-corrected chi connectivity index (χ3v) is 6.20. The highest BCUT2D eigenvalue weighted by Crippen LogP contribution is 2.40. The van der Waals surface area contributed by atoms with Gasteiger partial charge in [-0.3, -0.25) is 9.36 Å². The second kappa shape index (κ2) is 11.3. The average molecular weight is 504 g/mol. The van der Waals surface area contributed by atoms with Gasteiger partial charge in [-0.05, 0) is 64.7 Å². The first-order valence-corrected chi connectivity index (χ1v) is 12.8. The zero-order valence-electron chi connectivity index (χ0n) is 19.3. The fourth-order valence-electron chi connectivity index (χ4n) is 3.72. The van der Waals surface area contributed by atoms with Crippen LogP contribution in [0, 0.1) is 0 Å². The maximum absolute atomic E-state index is 12.1. The molecule has 8 heteroatoms. The number of carbonyl (C=O) groups excluding carboxylic acids is 1. The van der Waals surface area contributed by atoms with E-state index in [2.05, 4.69) is 0 Å². The van der Waals surface area contributed by atoms with Crippen LogP contribution in [0.15, 0.2) is 97.1 Å². The molecule has 0 spiro atoms. The van der Waals surface area contributed by atoms with Gasteiger partial charge in [0.1, 0.15) is 23.9 Å². The van der Waals surface area contributed by atoms with Crippen molar-refractivity contribution in [2.75, 3.05) is 13.2 Å². The Bertz CT molecular complexity index is 1380. The summed E-state index contributed by atoms with van der Waals surface area (Å²) in [6.45, 7) is -0.145. The van der Waals surface area contributed by atoms with Gasteiger partial charge < -0.3 is 24.4 Å². The lowest BCUT2D eigenvalue weighted by Gasteiger charge is -2.13. The molecule has 0 aliphatic rings. The van der Waals surface area contributed by atoms with E-state index < -0.39 is 13.1 Å². The summed E-state index contributed by atoms with van der Waals surface area (Å²) in [5, 5.41) is 9.10. The van der Waals surface area contributed by atoms with Crippen molar-refractivity contribution in [3.05, 3.63) is 114 Å². The number of benzene rings is 4. The van der Waals surface area contributed by atoms with Crippen LogP contribution >= 0.6 is 7.60 Å². The zero-order valence-corrected chi connectivity index (χ0v) is 20.2. The van der Waals surface area contributed by atoms with E-state index in [0.717, 1.165) is 16.7 Å². The van der Waals surface area contributed by atoms with Crippen LogP contribution in [-0.4, -0.2) is 33.6 Å². The smallest absolute Gasteiger partial charge is 0.396 e. The van der Waals surface area contributed by atoms with Crippen LogP contribution in [0.2, 0.25) is 0 Å². The Morgan fingerprint density at radius 2 is 1.50 bits per heavy atom. The van der Waals surface area contributed by atoms with Gasteiger partial charge in [0.25, 0.3) is 5.52 Å². The molecule has 0 aliphatic carbocycles. The van der Waals surface area contributed by atoms with Crippen LogP contribution < -0.4 is 9.47 Å². The number of rotatable bonds is 10. The number of hydrogen-bond donors (Lipinski definition) is 3. The van der Waals surface area contributed by atoms with Crippen LogP contribution in [0.1, 0.15) is 21.5 Å². The number of aliphatic hydroxyl groups is 1. The van der Waals surface area contributed by atoms with Gasteiger partial charge in [-0.25, -0.2) is 0 Å². The van der Waals surface area contributed by atoms with Gasteiger partial charge >= 0.3 is 7.60 Å². The number of hydrogen-bond acceptors (Lipinski definition) is 5. The molecule has 0 bridgehead atoms. The predicted molar refractivity (Wildman–Crippen MR) is 137 cm³/mol. The summed E-state index contributed by atoms with van der Waals surface area (Å²) in [5.41, 5.74) is 2.22. The largest absolute Gasteiger partial charge is 0.491 e. The standard InChI is InChI=1S/C28H25O7P/c29-15-16-34-27-14-11-23(28(30)36(31,32)33)18-24(27)17-20-9-12-25(13-10-20)35-26-8-4-7-22(19-26)21-5-2-1-3-6-21/h1-14,18-19,29H,15-17H2,(H2,31,32,33). The fraction of sp³-hybridized carbons (Fsp3) is 0.107. The maximum Gasteiger partial charge on any atom is 0.396 e. The van der Waals surface area contributed by atoms with E-state index in [9.17, 15) is 19.1 Å². The van der Waals surface area contributed by atoms with Crippen LogP contribution in [0.5, 0.6) is 17.2 Å². The Morgan fingerprint density at radius 1 is 0.778 bits per heavy atom. The molecule has 0 amide bonds. The van der Waals surface area contributed by atoms with Crippen LogP contribution in [-0.2, 0) is 11.0 Å². The Labute approximate surface area is 208 Å². The topological polar surface area (TPSA) is 113 Å². The molecule has 0 radical (unpaired) electrons. The summed E-state index contributed by atoms with van der Waals surface area (Å²) in [4.78, 5) is 30.6. The minimum Gasteiger partial charge on any atom is -0.491 e. The molecular weight excluding hydrogens is 479 g/mol. The molecule has 3 N–H and O–H groups in total. The van der Waals surface area contributed by atoms with E-state index in [0.29, 0.717) is 29.2 Å². The van der Waals surface area contributed by atoms with Crippen molar-refractivity contribution in [3.8, 4) is 28.4 Å². The van der Waals surface area contributed by atoms with Gasteiger partial charge in [-0.2, -0.15) is 0 Å². The Morgan fingerprint density at radius 3 is 2.19 bits per heavy atom. The predicted octanol–water partition coefficient (Wildman–Crippen LogP) is 5.43. The zero-order chi connectivity index (χ0) is 25.5. The lowest BCUT2D eigenvalue weighted by atomic mass is 10.0. The number of aliphatic hydroxyl groups excluding tert-OH is 1. The molecular formula is C28H25O7P. The number of ether oxygens (including phenoxy) is 2. The molecule has 0 atom stereocenters. The Hall–Kier alpha value is -3.74. The first-order chi connectivity index (χ1) is 17.3. The second-order valence-corrected chi connectivity index (χ2v) is 9.55. The molecule has 184 valence electrons. The van der Waals surface area contributed by atoms with E-state index in [1.54, 1.807) is 0 Å². The minimum atomic E-state index is -4.92. The SMILES string of the molecule is O=C(c1ccc(OCCO)c(Cc2ccc(Oc3cccc(-c4ccccc4)c3)cc2)c1)P(=O)(O)O. The van der Waals surface area contributed by atoms with Crippen molar-refractivity contribution in [1.82, 2.24) is 0 Å². The normalized spacial score (nSPS) is 11.2. The third-order valence-electron chi connectivity index (χ3n) is 5.42. The summed E-state index contributed by atoms with van der Waals surface area (Å²) in [6, 6.07) is 29.4. The lowest BCUT2D eigenvalue weighted by molar-refractivity contribution is 0.104. The summed E-state index contributed by atoms with van der Waals surface area (Å²) in [5.74, 6) is 1.77.